The van der Waals surface area contributed by atoms with Gasteiger partial charge in [-0.05, 0) is 50.6 Å². The van der Waals surface area contributed by atoms with Crippen molar-refractivity contribution in [1.29, 1.82) is 0 Å². The molecule has 150 valence electrons. The van der Waals surface area contributed by atoms with Crippen LogP contribution in [0.5, 0.6) is 0 Å². The van der Waals surface area contributed by atoms with Crippen LogP contribution in [0.2, 0.25) is 0 Å². The molecule has 0 N–H and O–H groups in total. The van der Waals surface area contributed by atoms with E-state index in [0.29, 0.717) is 12.0 Å². The van der Waals surface area contributed by atoms with E-state index in [4.69, 9.17) is 4.74 Å². The Morgan fingerprint density at radius 2 is 1.93 bits per heavy atom. The molecule has 0 saturated carbocycles. The molecule has 2 heterocycles. The summed E-state index contributed by atoms with van der Waals surface area (Å²) in [7, 11) is -1.56. The van der Waals surface area contributed by atoms with Crippen LogP contribution in [0.1, 0.15) is 29.4 Å². The predicted molar refractivity (Wildman–Crippen MR) is 103 cm³/mol. The van der Waals surface area contributed by atoms with Gasteiger partial charge in [0, 0.05) is 25.0 Å². The minimum atomic E-state index is -3.10. The van der Waals surface area contributed by atoms with E-state index in [-0.39, 0.29) is 17.5 Å². The molecule has 2 aromatic rings. The summed E-state index contributed by atoms with van der Waals surface area (Å²) in [5.41, 5.74) is 2.09. The minimum Gasteiger partial charge on any atom is -0.449 e. The molecule has 28 heavy (non-hydrogen) atoms. The maximum absolute atomic E-state index is 12.5. The van der Waals surface area contributed by atoms with Crippen LogP contribution in [-0.4, -0.2) is 65.7 Å². The lowest BCUT2D eigenvalue weighted by Crippen LogP contribution is -2.44. The van der Waals surface area contributed by atoms with E-state index < -0.39 is 27.8 Å². The predicted octanol–water partition coefficient (Wildman–Crippen LogP) is 1.37. The van der Waals surface area contributed by atoms with Crippen LogP contribution in [0.25, 0.3) is 5.69 Å². The van der Waals surface area contributed by atoms with E-state index >= 15 is 0 Å². The van der Waals surface area contributed by atoms with Gasteiger partial charge in [-0.25, -0.2) is 17.9 Å². The quantitative estimate of drug-likeness (QED) is 0.697. The first kappa shape index (κ1) is 20.1. The normalized spacial score (nSPS) is 19.2. The lowest BCUT2D eigenvalue weighted by Gasteiger charge is -2.26. The number of aryl methyl sites for hydroxylation is 1. The molecule has 0 spiro atoms. The Morgan fingerprint density at radius 3 is 2.46 bits per heavy atom. The third-order valence-electron chi connectivity index (χ3n) is 4.91. The molecule has 3 rings (SSSR count). The zero-order valence-corrected chi connectivity index (χ0v) is 16.8. The lowest BCUT2D eigenvalue weighted by molar-refractivity contribution is -0.140. The molecule has 1 fully saturated rings. The van der Waals surface area contributed by atoms with E-state index in [1.807, 2.05) is 13.0 Å². The van der Waals surface area contributed by atoms with Crippen molar-refractivity contribution in [3.8, 4) is 5.69 Å². The number of amides is 1. The van der Waals surface area contributed by atoms with Gasteiger partial charge >= 0.3 is 5.97 Å². The second-order valence-electron chi connectivity index (χ2n) is 6.98. The van der Waals surface area contributed by atoms with Gasteiger partial charge in [0.25, 0.3) is 5.91 Å². The van der Waals surface area contributed by atoms with Gasteiger partial charge in [-0.3, -0.25) is 4.79 Å². The summed E-state index contributed by atoms with van der Waals surface area (Å²) in [4.78, 5) is 26.2. The van der Waals surface area contributed by atoms with Crippen LogP contribution in [0.15, 0.2) is 36.5 Å². The smallest absolute Gasteiger partial charge is 0.338 e. The number of aromatic nitrogens is 2. The molecule has 9 heteroatoms. The molecule has 1 aromatic carbocycles. The Hall–Kier alpha value is -2.68. The summed E-state index contributed by atoms with van der Waals surface area (Å²) in [6.07, 6.45) is 1.09. The standard InChI is InChI=1S/C19H23N3O5S/c1-13-8-10-20-22(13)16-6-4-15(5-7-16)19(24)27-14(2)18(23)21(3)17-9-11-28(25,26)12-17/h4-8,10,14,17H,9,11-12H2,1-3H3/t14-,17+/m0/s1. The first-order valence-corrected chi connectivity index (χ1v) is 10.8. The monoisotopic (exact) mass is 405 g/mol. The minimum absolute atomic E-state index is 0.0514. The topological polar surface area (TPSA) is 98.6 Å². The van der Waals surface area contributed by atoms with E-state index in [1.54, 1.807) is 42.2 Å². The van der Waals surface area contributed by atoms with Gasteiger partial charge < -0.3 is 9.64 Å². The first-order valence-electron chi connectivity index (χ1n) is 8.97. The van der Waals surface area contributed by atoms with Gasteiger partial charge in [0.15, 0.2) is 15.9 Å². The Morgan fingerprint density at radius 1 is 1.25 bits per heavy atom. The molecule has 1 saturated heterocycles. The molecule has 1 amide bonds. The number of carbonyl (C=O) groups excluding carboxylic acids is 2. The van der Waals surface area contributed by atoms with Gasteiger partial charge in [-0.1, -0.05) is 0 Å². The molecule has 0 unspecified atom stereocenters. The van der Waals surface area contributed by atoms with Crippen molar-refractivity contribution in [2.75, 3.05) is 18.6 Å². The highest BCUT2D eigenvalue weighted by Crippen LogP contribution is 2.18. The summed E-state index contributed by atoms with van der Waals surface area (Å²) >= 11 is 0. The maximum atomic E-state index is 12.5. The number of ether oxygens (including phenoxy) is 1. The zero-order chi connectivity index (χ0) is 20.5. The second kappa shape index (κ2) is 7.75. The highest BCUT2D eigenvalue weighted by atomic mass is 32.2. The Bertz CT molecular complexity index is 981. The molecule has 0 bridgehead atoms. The molecule has 0 radical (unpaired) electrons. The molecular weight excluding hydrogens is 382 g/mol. The van der Waals surface area contributed by atoms with Crippen LogP contribution in [0, 0.1) is 6.92 Å². The number of esters is 1. The molecule has 1 aromatic heterocycles. The van der Waals surface area contributed by atoms with Crippen molar-refractivity contribution in [3.05, 3.63) is 47.8 Å². The number of carbonyl (C=O) groups is 2. The summed E-state index contributed by atoms with van der Waals surface area (Å²) < 4.78 is 30.2. The average molecular weight is 405 g/mol. The third kappa shape index (κ3) is 4.24. The second-order valence-corrected chi connectivity index (χ2v) is 9.21. The number of benzene rings is 1. The molecular formula is C19H23N3O5S. The largest absolute Gasteiger partial charge is 0.449 e. The van der Waals surface area contributed by atoms with E-state index in [2.05, 4.69) is 5.10 Å². The van der Waals surface area contributed by atoms with Crippen LogP contribution in [0.3, 0.4) is 0 Å². The van der Waals surface area contributed by atoms with Gasteiger partial charge in [-0.15, -0.1) is 0 Å². The molecule has 8 nitrogen and oxygen atoms in total. The number of nitrogens with zero attached hydrogens (tertiary/aromatic N) is 3. The number of rotatable bonds is 5. The first-order chi connectivity index (χ1) is 13.2. The van der Waals surface area contributed by atoms with E-state index in [9.17, 15) is 18.0 Å². The Balaban J connectivity index is 1.62. The highest BCUT2D eigenvalue weighted by molar-refractivity contribution is 7.91. The summed E-state index contributed by atoms with van der Waals surface area (Å²) in [6, 6.07) is 8.22. The van der Waals surface area contributed by atoms with Crippen molar-refractivity contribution < 1.29 is 22.7 Å². The van der Waals surface area contributed by atoms with Crippen molar-refractivity contribution >= 4 is 21.7 Å². The highest BCUT2D eigenvalue weighted by Gasteiger charge is 2.35. The fraction of sp³-hybridized carbons (Fsp3) is 0.421. The average Bonchev–Trinajstić information content (AvgIpc) is 3.25. The summed E-state index contributed by atoms with van der Waals surface area (Å²) in [5.74, 6) is -1.01. The van der Waals surface area contributed by atoms with Crippen molar-refractivity contribution in [1.82, 2.24) is 14.7 Å². The summed E-state index contributed by atoms with van der Waals surface area (Å²) in [6.45, 7) is 3.41. The Labute approximate surface area is 164 Å². The maximum Gasteiger partial charge on any atom is 0.338 e. The lowest BCUT2D eigenvalue weighted by atomic mass is 10.2. The van der Waals surface area contributed by atoms with E-state index in [0.717, 1.165) is 11.4 Å². The van der Waals surface area contributed by atoms with Gasteiger partial charge in [-0.2, -0.15) is 5.10 Å². The fourth-order valence-electron chi connectivity index (χ4n) is 3.21. The molecule has 1 aliphatic heterocycles. The van der Waals surface area contributed by atoms with Gasteiger partial charge in [0.05, 0.1) is 22.8 Å². The number of likely N-dealkylation sites (N-methyl/N-ethyl adjacent to an activating group) is 1. The van der Waals surface area contributed by atoms with Crippen LogP contribution in [0.4, 0.5) is 0 Å². The van der Waals surface area contributed by atoms with Crippen LogP contribution >= 0.6 is 0 Å². The molecule has 2 atom stereocenters. The summed E-state index contributed by atoms with van der Waals surface area (Å²) in [5, 5.41) is 4.21. The number of sulfone groups is 1. The van der Waals surface area contributed by atoms with Crippen molar-refractivity contribution in [2.45, 2.75) is 32.4 Å². The third-order valence-corrected chi connectivity index (χ3v) is 6.67. The molecule has 0 aliphatic carbocycles. The SMILES string of the molecule is Cc1ccnn1-c1ccc(C(=O)O[C@@H](C)C(=O)N(C)[C@@H]2CCS(=O)(=O)C2)cc1. The Kier molecular flexibility index (Phi) is 5.55. The zero-order valence-electron chi connectivity index (χ0n) is 16.0. The number of hydrogen-bond donors (Lipinski definition) is 0. The van der Waals surface area contributed by atoms with Crippen LogP contribution in [-0.2, 0) is 19.4 Å². The van der Waals surface area contributed by atoms with Crippen molar-refractivity contribution in [3.63, 3.8) is 0 Å². The molecule has 1 aliphatic rings. The van der Waals surface area contributed by atoms with Crippen LogP contribution < -0.4 is 0 Å². The van der Waals surface area contributed by atoms with E-state index in [1.165, 1.54) is 11.8 Å². The number of hydrogen-bond acceptors (Lipinski definition) is 6. The van der Waals surface area contributed by atoms with Gasteiger partial charge in [0.1, 0.15) is 0 Å². The van der Waals surface area contributed by atoms with Crippen molar-refractivity contribution in [2.24, 2.45) is 0 Å². The van der Waals surface area contributed by atoms with Gasteiger partial charge in [0.2, 0.25) is 0 Å². The fourth-order valence-corrected chi connectivity index (χ4v) is 4.98.